The summed E-state index contributed by atoms with van der Waals surface area (Å²) < 4.78 is 0. The molecule has 2 rings (SSSR count). The lowest BCUT2D eigenvalue weighted by molar-refractivity contribution is 0.515. The largest absolute Gasteiger partial charge is 0.0776 e. The van der Waals surface area contributed by atoms with Crippen molar-refractivity contribution in [2.75, 3.05) is 0 Å². The SMILES string of the molecule is Cc1ccc(C)c(C2=CC(C)CCC2C)c1. The average Bonchev–Trinajstić information content (AvgIpc) is 2.25. The summed E-state index contributed by atoms with van der Waals surface area (Å²) in [5.74, 6) is 1.46. The molecule has 0 aliphatic heterocycles. The number of hydrogen-bond acceptors (Lipinski definition) is 0. The van der Waals surface area contributed by atoms with Crippen LogP contribution in [0, 0.1) is 25.7 Å². The summed E-state index contributed by atoms with van der Waals surface area (Å²) in [4.78, 5) is 0. The Kier molecular flexibility index (Phi) is 3.18. The van der Waals surface area contributed by atoms with Gasteiger partial charge in [-0.15, -0.1) is 0 Å². The van der Waals surface area contributed by atoms with Gasteiger partial charge in [-0.1, -0.05) is 43.7 Å². The second-order valence-corrected chi connectivity index (χ2v) is 5.40. The Morgan fingerprint density at radius 1 is 1.06 bits per heavy atom. The highest BCUT2D eigenvalue weighted by Crippen LogP contribution is 2.36. The van der Waals surface area contributed by atoms with Gasteiger partial charge in [0.05, 0.1) is 0 Å². The van der Waals surface area contributed by atoms with E-state index in [-0.39, 0.29) is 0 Å². The van der Waals surface area contributed by atoms with E-state index >= 15 is 0 Å². The minimum atomic E-state index is 0.719. The van der Waals surface area contributed by atoms with E-state index in [1.54, 1.807) is 5.57 Å². The molecule has 2 atom stereocenters. The molecule has 1 aromatic rings. The molecule has 0 heteroatoms. The quantitative estimate of drug-likeness (QED) is 0.632. The summed E-state index contributed by atoms with van der Waals surface area (Å²) in [6.07, 6.45) is 5.16. The van der Waals surface area contributed by atoms with Crippen LogP contribution >= 0.6 is 0 Å². The first-order valence-electron chi connectivity index (χ1n) is 6.37. The van der Waals surface area contributed by atoms with Crippen molar-refractivity contribution in [3.05, 3.63) is 41.0 Å². The van der Waals surface area contributed by atoms with Crippen LogP contribution in [0.1, 0.15) is 43.4 Å². The molecular formula is C16H22. The van der Waals surface area contributed by atoms with Gasteiger partial charge >= 0.3 is 0 Å². The van der Waals surface area contributed by atoms with Crippen molar-refractivity contribution in [2.24, 2.45) is 11.8 Å². The van der Waals surface area contributed by atoms with Crippen LogP contribution in [0.2, 0.25) is 0 Å². The molecule has 0 N–H and O–H groups in total. The van der Waals surface area contributed by atoms with Crippen molar-refractivity contribution < 1.29 is 0 Å². The molecule has 0 saturated carbocycles. The molecule has 0 fully saturated rings. The van der Waals surface area contributed by atoms with E-state index < -0.39 is 0 Å². The third-order valence-electron chi connectivity index (χ3n) is 3.75. The van der Waals surface area contributed by atoms with Gasteiger partial charge < -0.3 is 0 Å². The zero-order valence-corrected chi connectivity index (χ0v) is 10.9. The van der Waals surface area contributed by atoms with Gasteiger partial charge in [-0.05, 0) is 55.2 Å². The van der Waals surface area contributed by atoms with Gasteiger partial charge in [-0.2, -0.15) is 0 Å². The summed E-state index contributed by atoms with van der Waals surface area (Å²) in [6, 6.07) is 6.80. The highest BCUT2D eigenvalue weighted by molar-refractivity contribution is 5.71. The molecule has 1 aromatic carbocycles. The minimum Gasteiger partial charge on any atom is -0.0776 e. The van der Waals surface area contributed by atoms with E-state index in [1.165, 1.54) is 29.5 Å². The number of hydrogen-bond donors (Lipinski definition) is 0. The fourth-order valence-electron chi connectivity index (χ4n) is 2.62. The molecule has 1 aliphatic rings. The molecule has 16 heavy (non-hydrogen) atoms. The highest BCUT2D eigenvalue weighted by atomic mass is 14.2. The topological polar surface area (TPSA) is 0 Å². The first kappa shape index (κ1) is 11.4. The number of rotatable bonds is 1. The molecule has 86 valence electrons. The zero-order valence-electron chi connectivity index (χ0n) is 10.9. The Morgan fingerprint density at radius 3 is 2.56 bits per heavy atom. The fraction of sp³-hybridized carbons (Fsp3) is 0.500. The Morgan fingerprint density at radius 2 is 1.81 bits per heavy atom. The summed E-state index contributed by atoms with van der Waals surface area (Å²) in [5, 5.41) is 0. The van der Waals surface area contributed by atoms with Gasteiger partial charge in [0.25, 0.3) is 0 Å². The number of aryl methyl sites for hydroxylation is 2. The lowest BCUT2D eigenvalue weighted by Gasteiger charge is -2.26. The smallest absolute Gasteiger partial charge is 0.0187 e. The molecule has 0 radical (unpaired) electrons. The van der Waals surface area contributed by atoms with Crippen molar-refractivity contribution in [3.8, 4) is 0 Å². The van der Waals surface area contributed by atoms with E-state index in [0.29, 0.717) is 0 Å². The zero-order chi connectivity index (χ0) is 11.7. The van der Waals surface area contributed by atoms with Gasteiger partial charge in [0, 0.05) is 0 Å². The van der Waals surface area contributed by atoms with E-state index in [4.69, 9.17) is 0 Å². The summed E-state index contributed by atoms with van der Waals surface area (Å²) in [6.45, 7) is 9.10. The third kappa shape index (κ3) is 2.21. The van der Waals surface area contributed by atoms with Gasteiger partial charge in [-0.3, -0.25) is 0 Å². The Bertz CT molecular complexity index is 412. The summed E-state index contributed by atoms with van der Waals surface area (Å²) in [5.41, 5.74) is 5.82. The molecule has 0 heterocycles. The van der Waals surface area contributed by atoms with Crippen LogP contribution < -0.4 is 0 Å². The molecule has 0 bridgehead atoms. The van der Waals surface area contributed by atoms with E-state index in [1.807, 2.05) is 0 Å². The normalized spacial score (nSPS) is 25.4. The van der Waals surface area contributed by atoms with Crippen LogP contribution in [0.4, 0.5) is 0 Å². The number of benzene rings is 1. The van der Waals surface area contributed by atoms with E-state index in [2.05, 4.69) is 52.0 Å². The van der Waals surface area contributed by atoms with Crippen molar-refractivity contribution >= 4 is 5.57 Å². The van der Waals surface area contributed by atoms with Crippen LogP contribution in [0.3, 0.4) is 0 Å². The predicted octanol–water partition coefficient (Wildman–Crippen LogP) is 4.75. The van der Waals surface area contributed by atoms with Crippen molar-refractivity contribution in [1.29, 1.82) is 0 Å². The monoisotopic (exact) mass is 214 g/mol. The van der Waals surface area contributed by atoms with Crippen LogP contribution in [-0.4, -0.2) is 0 Å². The summed E-state index contributed by atoms with van der Waals surface area (Å²) in [7, 11) is 0. The molecule has 0 nitrogen and oxygen atoms in total. The van der Waals surface area contributed by atoms with Gasteiger partial charge in [-0.25, -0.2) is 0 Å². The van der Waals surface area contributed by atoms with Crippen LogP contribution in [0.25, 0.3) is 5.57 Å². The fourth-order valence-corrected chi connectivity index (χ4v) is 2.62. The third-order valence-corrected chi connectivity index (χ3v) is 3.75. The Balaban J connectivity index is 2.46. The maximum Gasteiger partial charge on any atom is -0.0187 e. The van der Waals surface area contributed by atoms with Crippen LogP contribution in [0.15, 0.2) is 24.3 Å². The molecule has 0 amide bonds. The lowest BCUT2D eigenvalue weighted by Crippen LogP contribution is -2.10. The van der Waals surface area contributed by atoms with Crippen molar-refractivity contribution in [2.45, 2.75) is 40.5 Å². The second-order valence-electron chi connectivity index (χ2n) is 5.40. The highest BCUT2D eigenvalue weighted by Gasteiger charge is 2.19. The van der Waals surface area contributed by atoms with Crippen molar-refractivity contribution in [3.63, 3.8) is 0 Å². The molecular weight excluding hydrogens is 192 g/mol. The van der Waals surface area contributed by atoms with Gasteiger partial charge in [0.2, 0.25) is 0 Å². The molecule has 2 unspecified atom stereocenters. The Labute approximate surface area is 99.4 Å². The maximum atomic E-state index is 2.48. The standard InChI is InChI=1S/C16H22/c1-11-5-7-13(3)15(9-11)16-10-12(2)6-8-14(16)4/h5,7,9-10,12,14H,6,8H2,1-4H3. The lowest BCUT2D eigenvalue weighted by atomic mass is 9.79. The molecule has 0 saturated heterocycles. The first-order chi connectivity index (χ1) is 7.58. The van der Waals surface area contributed by atoms with Crippen LogP contribution in [-0.2, 0) is 0 Å². The average molecular weight is 214 g/mol. The van der Waals surface area contributed by atoms with Crippen molar-refractivity contribution in [1.82, 2.24) is 0 Å². The molecule has 1 aliphatic carbocycles. The van der Waals surface area contributed by atoms with E-state index in [0.717, 1.165) is 11.8 Å². The Hall–Kier alpha value is -1.04. The molecule has 0 spiro atoms. The number of allylic oxidation sites excluding steroid dienone is 2. The maximum absolute atomic E-state index is 2.48. The predicted molar refractivity (Wildman–Crippen MR) is 71.5 cm³/mol. The van der Waals surface area contributed by atoms with E-state index in [9.17, 15) is 0 Å². The van der Waals surface area contributed by atoms with Gasteiger partial charge in [0.15, 0.2) is 0 Å². The summed E-state index contributed by atoms with van der Waals surface area (Å²) >= 11 is 0. The minimum absolute atomic E-state index is 0.719. The van der Waals surface area contributed by atoms with Crippen LogP contribution in [0.5, 0.6) is 0 Å². The van der Waals surface area contributed by atoms with Gasteiger partial charge in [0.1, 0.15) is 0 Å². The first-order valence-corrected chi connectivity index (χ1v) is 6.37. The molecule has 0 aromatic heterocycles. The second kappa shape index (κ2) is 4.45.